The molecule has 1 heterocycles. The second-order valence-electron chi connectivity index (χ2n) is 7.97. The SMILES string of the molecule is Cc1cccc(F)c1OCC(C)(C)NC(=O)C1[C@@H]2[C@H]1[C@H](C)N[C@H]2C. The molecule has 1 saturated carbocycles. The molecule has 5 atom stereocenters. The van der Waals surface area contributed by atoms with Gasteiger partial charge in [-0.3, -0.25) is 4.79 Å². The molecule has 1 aromatic rings. The number of carbonyl (C=O) groups is 1. The van der Waals surface area contributed by atoms with Gasteiger partial charge >= 0.3 is 0 Å². The topological polar surface area (TPSA) is 50.4 Å². The van der Waals surface area contributed by atoms with Crippen LogP contribution < -0.4 is 15.4 Å². The number of piperidine rings is 1. The first kappa shape index (κ1) is 17.2. The van der Waals surface area contributed by atoms with Crippen molar-refractivity contribution < 1.29 is 13.9 Å². The lowest BCUT2D eigenvalue weighted by Crippen LogP contribution is -2.50. The lowest BCUT2D eigenvalue weighted by Gasteiger charge is -2.28. The van der Waals surface area contributed by atoms with E-state index in [9.17, 15) is 9.18 Å². The van der Waals surface area contributed by atoms with Gasteiger partial charge in [-0.1, -0.05) is 12.1 Å². The highest BCUT2D eigenvalue weighted by molar-refractivity contribution is 5.83. The number of hydrogen-bond acceptors (Lipinski definition) is 3. The Labute approximate surface area is 143 Å². The first-order chi connectivity index (χ1) is 11.2. The van der Waals surface area contributed by atoms with Gasteiger partial charge in [0.1, 0.15) is 6.61 Å². The summed E-state index contributed by atoms with van der Waals surface area (Å²) < 4.78 is 19.5. The number of halogens is 1. The molecule has 5 heteroatoms. The predicted octanol–water partition coefficient (Wildman–Crippen LogP) is 2.65. The van der Waals surface area contributed by atoms with Gasteiger partial charge in [0.05, 0.1) is 5.54 Å². The van der Waals surface area contributed by atoms with Gasteiger partial charge in [0.15, 0.2) is 11.6 Å². The number of rotatable bonds is 5. The standard InChI is InChI=1S/C19H27FN2O2/c1-10-7-6-8-13(20)17(10)24-9-19(4,5)22-18(23)16-14-11(2)21-12(3)15(14)16/h6-8,11-12,14-16,21H,9H2,1-5H3,(H,22,23)/t11-,12-,14-,15+,16?/m0/s1. The largest absolute Gasteiger partial charge is 0.488 e. The number of carbonyl (C=O) groups excluding carboxylic acids is 1. The number of hydrogen-bond donors (Lipinski definition) is 2. The molecule has 1 aromatic carbocycles. The van der Waals surface area contributed by atoms with Crippen molar-refractivity contribution in [2.75, 3.05) is 6.61 Å². The summed E-state index contributed by atoms with van der Waals surface area (Å²) in [7, 11) is 0. The third kappa shape index (κ3) is 3.14. The number of para-hydroxylation sites is 1. The van der Waals surface area contributed by atoms with Crippen molar-refractivity contribution in [3.05, 3.63) is 29.6 Å². The summed E-state index contributed by atoms with van der Waals surface area (Å²) in [5.41, 5.74) is 0.199. The van der Waals surface area contributed by atoms with Crippen LogP contribution in [0.15, 0.2) is 18.2 Å². The number of benzene rings is 1. The summed E-state index contributed by atoms with van der Waals surface area (Å²) in [6, 6.07) is 5.63. The molecule has 1 aliphatic carbocycles. The van der Waals surface area contributed by atoms with Crippen molar-refractivity contribution in [1.29, 1.82) is 0 Å². The fourth-order valence-electron chi connectivity index (χ4n) is 4.14. The quantitative estimate of drug-likeness (QED) is 0.870. The molecule has 2 fully saturated rings. The molecule has 2 aliphatic rings. The van der Waals surface area contributed by atoms with E-state index in [1.807, 2.05) is 26.8 Å². The van der Waals surface area contributed by atoms with Crippen molar-refractivity contribution in [1.82, 2.24) is 10.6 Å². The van der Waals surface area contributed by atoms with Gasteiger partial charge in [-0.25, -0.2) is 4.39 Å². The van der Waals surface area contributed by atoms with Gasteiger partial charge in [-0.15, -0.1) is 0 Å². The van der Waals surface area contributed by atoms with Crippen molar-refractivity contribution in [2.45, 2.75) is 52.2 Å². The maximum atomic E-state index is 13.8. The van der Waals surface area contributed by atoms with Crippen molar-refractivity contribution in [2.24, 2.45) is 17.8 Å². The summed E-state index contributed by atoms with van der Waals surface area (Å²) in [6.45, 7) is 10.1. The van der Waals surface area contributed by atoms with Gasteiger partial charge in [0, 0.05) is 18.0 Å². The Kier molecular flexibility index (Phi) is 4.32. The van der Waals surface area contributed by atoms with Crippen LogP contribution in [0.1, 0.15) is 33.3 Å². The first-order valence-electron chi connectivity index (χ1n) is 8.67. The van der Waals surface area contributed by atoms with Gasteiger partial charge in [0.2, 0.25) is 5.91 Å². The third-order valence-corrected chi connectivity index (χ3v) is 5.32. The molecule has 0 spiro atoms. The molecule has 1 aliphatic heterocycles. The Balaban J connectivity index is 1.58. The minimum Gasteiger partial charge on any atom is -0.488 e. The zero-order valence-electron chi connectivity index (χ0n) is 15.0. The van der Waals surface area contributed by atoms with Crippen LogP contribution in [0.25, 0.3) is 0 Å². The highest BCUT2D eigenvalue weighted by Crippen LogP contribution is 2.55. The van der Waals surface area contributed by atoms with Gasteiger partial charge in [-0.2, -0.15) is 0 Å². The smallest absolute Gasteiger partial charge is 0.224 e. The third-order valence-electron chi connectivity index (χ3n) is 5.32. The van der Waals surface area contributed by atoms with E-state index in [1.165, 1.54) is 6.07 Å². The van der Waals surface area contributed by atoms with E-state index in [-0.39, 0.29) is 30.0 Å². The first-order valence-corrected chi connectivity index (χ1v) is 8.67. The highest BCUT2D eigenvalue weighted by Gasteiger charge is 2.63. The second-order valence-corrected chi connectivity index (χ2v) is 7.97. The van der Waals surface area contributed by atoms with Crippen molar-refractivity contribution >= 4 is 5.91 Å². The van der Waals surface area contributed by atoms with Crippen LogP contribution in [-0.2, 0) is 4.79 Å². The number of amides is 1. The lowest BCUT2D eigenvalue weighted by atomic mass is 10.0. The summed E-state index contributed by atoms with van der Waals surface area (Å²) in [6.07, 6.45) is 0. The van der Waals surface area contributed by atoms with Crippen LogP contribution in [0.3, 0.4) is 0 Å². The molecular weight excluding hydrogens is 307 g/mol. The molecule has 132 valence electrons. The Morgan fingerprint density at radius 2 is 1.92 bits per heavy atom. The van der Waals surface area contributed by atoms with Crippen molar-refractivity contribution in [3.63, 3.8) is 0 Å². The number of fused-ring (bicyclic) bond motifs is 1. The monoisotopic (exact) mass is 334 g/mol. The maximum absolute atomic E-state index is 13.8. The van der Waals surface area contributed by atoms with Gasteiger partial charge < -0.3 is 15.4 Å². The predicted molar refractivity (Wildman–Crippen MR) is 91.4 cm³/mol. The highest BCUT2D eigenvalue weighted by atomic mass is 19.1. The van der Waals surface area contributed by atoms with E-state index in [1.54, 1.807) is 6.07 Å². The molecule has 1 saturated heterocycles. The zero-order valence-corrected chi connectivity index (χ0v) is 15.0. The average Bonchev–Trinajstić information content (AvgIpc) is 3.15. The molecular formula is C19H27FN2O2. The minimum absolute atomic E-state index is 0.0871. The van der Waals surface area contributed by atoms with Crippen LogP contribution in [0, 0.1) is 30.5 Å². The molecule has 2 N–H and O–H groups in total. The molecule has 0 radical (unpaired) electrons. The van der Waals surface area contributed by atoms with E-state index in [2.05, 4.69) is 24.5 Å². The van der Waals surface area contributed by atoms with Gasteiger partial charge in [-0.05, 0) is 58.1 Å². The Morgan fingerprint density at radius 3 is 2.50 bits per heavy atom. The molecule has 3 rings (SSSR count). The normalized spacial score (nSPS) is 31.5. The summed E-state index contributed by atoms with van der Waals surface area (Å²) in [4.78, 5) is 12.6. The minimum atomic E-state index is -0.553. The zero-order chi connectivity index (χ0) is 17.6. The molecule has 0 aromatic heterocycles. The Morgan fingerprint density at radius 1 is 1.29 bits per heavy atom. The summed E-state index contributed by atoms with van der Waals surface area (Å²) in [5.74, 6) is 0.933. The Bertz CT molecular complexity index is 612. The van der Waals surface area contributed by atoms with E-state index in [0.717, 1.165) is 5.56 Å². The van der Waals surface area contributed by atoms with Crippen LogP contribution in [0.4, 0.5) is 4.39 Å². The number of aryl methyl sites for hydroxylation is 1. The maximum Gasteiger partial charge on any atom is 0.224 e. The molecule has 4 nitrogen and oxygen atoms in total. The molecule has 24 heavy (non-hydrogen) atoms. The van der Waals surface area contributed by atoms with E-state index >= 15 is 0 Å². The van der Waals surface area contributed by atoms with Crippen LogP contribution in [-0.4, -0.2) is 30.1 Å². The molecule has 0 bridgehead atoms. The van der Waals surface area contributed by atoms with Crippen LogP contribution in [0.2, 0.25) is 0 Å². The Hall–Kier alpha value is -1.62. The van der Waals surface area contributed by atoms with Crippen molar-refractivity contribution in [3.8, 4) is 5.75 Å². The van der Waals surface area contributed by atoms with E-state index in [0.29, 0.717) is 23.9 Å². The number of nitrogens with one attached hydrogen (secondary N) is 2. The van der Waals surface area contributed by atoms with Crippen LogP contribution in [0.5, 0.6) is 5.75 Å². The molecule has 1 amide bonds. The molecule has 1 unspecified atom stereocenters. The lowest BCUT2D eigenvalue weighted by molar-refractivity contribution is -0.125. The van der Waals surface area contributed by atoms with E-state index < -0.39 is 5.54 Å². The average molecular weight is 334 g/mol. The number of ether oxygens (including phenoxy) is 1. The fraction of sp³-hybridized carbons (Fsp3) is 0.632. The summed E-state index contributed by atoms with van der Waals surface area (Å²) in [5, 5.41) is 6.56. The fourth-order valence-corrected chi connectivity index (χ4v) is 4.14. The van der Waals surface area contributed by atoms with Gasteiger partial charge in [0.25, 0.3) is 0 Å². The second kappa shape index (κ2) is 6.03. The summed E-state index contributed by atoms with van der Waals surface area (Å²) >= 11 is 0. The van der Waals surface area contributed by atoms with E-state index in [4.69, 9.17) is 4.74 Å². The van der Waals surface area contributed by atoms with Crippen LogP contribution >= 0.6 is 0 Å².